The number of hydrogen-bond donors (Lipinski definition) is 2. The van der Waals surface area contributed by atoms with Crippen LogP contribution in [0.1, 0.15) is 34.0 Å². The van der Waals surface area contributed by atoms with Gasteiger partial charge in [0.2, 0.25) is 0 Å². The predicted octanol–water partition coefficient (Wildman–Crippen LogP) is 2.56. The van der Waals surface area contributed by atoms with Crippen LogP contribution in [-0.2, 0) is 0 Å². The van der Waals surface area contributed by atoms with Gasteiger partial charge >= 0.3 is 0 Å². The highest BCUT2D eigenvalue weighted by atomic mass is 15.2. The summed E-state index contributed by atoms with van der Waals surface area (Å²) in [7, 11) is 0. The summed E-state index contributed by atoms with van der Waals surface area (Å²) in [5.74, 6) is 5.70. The molecule has 0 amide bonds. The molecule has 0 aliphatic carbocycles. The Hall–Kier alpha value is -1.71. The summed E-state index contributed by atoms with van der Waals surface area (Å²) in [6.45, 7) is 6.18. The zero-order chi connectivity index (χ0) is 13.1. The minimum Gasteiger partial charge on any atom is -0.271 e. The van der Waals surface area contributed by atoms with Crippen molar-refractivity contribution < 1.29 is 0 Å². The molecule has 0 aliphatic heterocycles. The third-order valence-corrected chi connectivity index (χ3v) is 3.07. The molecule has 0 fully saturated rings. The number of benzene rings is 1. The highest BCUT2D eigenvalue weighted by molar-refractivity contribution is 5.35. The van der Waals surface area contributed by atoms with E-state index in [2.05, 4.69) is 48.5 Å². The molecule has 1 heterocycles. The zero-order valence-electron chi connectivity index (χ0n) is 11.1. The lowest BCUT2D eigenvalue weighted by atomic mass is 9.98. The first-order chi connectivity index (χ1) is 8.61. The number of pyridine rings is 1. The molecule has 0 saturated heterocycles. The van der Waals surface area contributed by atoms with Gasteiger partial charge in [0.15, 0.2) is 0 Å². The fourth-order valence-corrected chi connectivity index (χ4v) is 2.21. The van der Waals surface area contributed by atoms with Gasteiger partial charge in [0.05, 0.1) is 11.7 Å². The molecule has 1 atom stereocenters. The number of hydrazine groups is 1. The van der Waals surface area contributed by atoms with Crippen molar-refractivity contribution in [2.24, 2.45) is 5.84 Å². The lowest BCUT2D eigenvalue weighted by Crippen LogP contribution is -2.30. The van der Waals surface area contributed by atoms with Crippen molar-refractivity contribution in [1.82, 2.24) is 10.4 Å². The summed E-state index contributed by atoms with van der Waals surface area (Å²) >= 11 is 0. The van der Waals surface area contributed by atoms with Gasteiger partial charge in [0, 0.05) is 6.20 Å². The molecule has 0 aliphatic rings. The van der Waals surface area contributed by atoms with Crippen LogP contribution in [0.3, 0.4) is 0 Å². The maximum atomic E-state index is 5.70. The van der Waals surface area contributed by atoms with Crippen molar-refractivity contribution in [2.75, 3.05) is 0 Å². The van der Waals surface area contributed by atoms with Crippen molar-refractivity contribution >= 4 is 0 Å². The molecule has 18 heavy (non-hydrogen) atoms. The fraction of sp³-hybridized carbons (Fsp3) is 0.267. The van der Waals surface area contributed by atoms with Gasteiger partial charge in [0.1, 0.15) is 0 Å². The summed E-state index contributed by atoms with van der Waals surface area (Å²) < 4.78 is 0. The number of aromatic nitrogens is 1. The first-order valence-electron chi connectivity index (χ1n) is 6.07. The van der Waals surface area contributed by atoms with Crippen molar-refractivity contribution in [3.8, 4) is 0 Å². The zero-order valence-corrected chi connectivity index (χ0v) is 11.1. The van der Waals surface area contributed by atoms with E-state index in [4.69, 9.17) is 5.84 Å². The monoisotopic (exact) mass is 241 g/mol. The maximum Gasteiger partial charge on any atom is 0.0884 e. The Morgan fingerprint density at radius 1 is 1.11 bits per heavy atom. The second kappa shape index (κ2) is 5.29. The van der Waals surface area contributed by atoms with Crippen molar-refractivity contribution in [1.29, 1.82) is 0 Å². The smallest absolute Gasteiger partial charge is 0.0884 e. The second-order valence-corrected chi connectivity index (χ2v) is 4.73. The van der Waals surface area contributed by atoms with E-state index in [1.165, 1.54) is 5.56 Å². The van der Waals surface area contributed by atoms with Gasteiger partial charge in [-0.3, -0.25) is 10.8 Å². The molecule has 0 radical (unpaired) electrons. The molecule has 3 nitrogen and oxygen atoms in total. The topological polar surface area (TPSA) is 50.9 Å². The van der Waals surface area contributed by atoms with Crippen LogP contribution in [0.5, 0.6) is 0 Å². The molecular formula is C15H19N3. The van der Waals surface area contributed by atoms with E-state index in [0.717, 1.165) is 22.4 Å². The largest absolute Gasteiger partial charge is 0.271 e. The molecule has 0 bridgehead atoms. The average molecular weight is 241 g/mol. The van der Waals surface area contributed by atoms with Gasteiger partial charge in [-0.15, -0.1) is 0 Å². The van der Waals surface area contributed by atoms with Crippen LogP contribution in [0.15, 0.2) is 36.5 Å². The average Bonchev–Trinajstić information content (AvgIpc) is 2.33. The van der Waals surface area contributed by atoms with E-state index in [0.29, 0.717) is 0 Å². The van der Waals surface area contributed by atoms with E-state index < -0.39 is 0 Å². The van der Waals surface area contributed by atoms with Crippen LogP contribution in [0, 0.1) is 20.8 Å². The first-order valence-corrected chi connectivity index (χ1v) is 6.07. The molecule has 2 rings (SSSR count). The van der Waals surface area contributed by atoms with E-state index in [1.807, 2.05) is 19.2 Å². The van der Waals surface area contributed by atoms with Gasteiger partial charge in [-0.05, 0) is 37.5 Å². The number of rotatable bonds is 3. The van der Waals surface area contributed by atoms with Crippen LogP contribution in [0.25, 0.3) is 0 Å². The summed E-state index contributed by atoms with van der Waals surface area (Å²) in [6.07, 6.45) is 1.88. The summed E-state index contributed by atoms with van der Waals surface area (Å²) in [5, 5.41) is 0. The molecule has 0 saturated carbocycles. The third kappa shape index (κ3) is 2.58. The van der Waals surface area contributed by atoms with Gasteiger partial charge in [-0.2, -0.15) is 0 Å². The number of nitrogens with zero attached hydrogens (tertiary/aromatic N) is 1. The van der Waals surface area contributed by atoms with Crippen LogP contribution in [0.2, 0.25) is 0 Å². The molecule has 1 unspecified atom stereocenters. The number of hydrogen-bond acceptors (Lipinski definition) is 3. The molecule has 0 spiro atoms. The fourth-order valence-electron chi connectivity index (χ4n) is 2.21. The number of nitrogens with two attached hydrogens (primary N) is 1. The van der Waals surface area contributed by atoms with Crippen molar-refractivity contribution in [3.63, 3.8) is 0 Å². The highest BCUT2D eigenvalue weighted by Crippen LogP contribution is 2.23. The molecule has 2 aromatic rings. The van der Waals surface area contributed by atoms with Crippen LogP contribution in [-0.4, -0.2) is 4.98 Å². The molecule has 94 valence electrons. The van der Waals surface area contributed by atoms with Gasteiger partial charge in [0.25, 0.3) is 0 Å². The lowest BCUT2D eigenvalue weighted by Gasteiger charge is -2.18. The molecule has 1 aromatic carbocycles. The summed E-state index contributed by atoms with van der Waals surface area (Å²) in [6, 6.07) is 10.4. The normalized spacial score (nSPS) is 12.4. The van der Waals surface area contributed by atoms with E-state index >= 15 is 0 Å². The van der Waals surface area contributed by atoms with Crippen molar-refractivity contribution in [2.45, 2.75) is 26.8 Å². The van der Waals surface area contributed by atoms with Gasteiger partial charge in [-0.1, -0.05) is 35.9 Å². The Morgan fingerprint density at radius 2 is 1.89 bits per heavy atom. The van der Waals surface area contributed by atoms with Crippen LogP contribution >= 0.6 is 0 Å². The second-order valence-electron chi connectivity index (χ2n) is 4.73. The van der Waals surface area contributed by atoms with Gasteiger partial charge < -0.3 is 0 Å². The quantitative estimate of drug-likeness (QED) is 0.641. The third-order valence-electron chi connectivity index (χ3n) is 3.07. The number of nitrogens with one attached hydrogen (secondary N) is 1. The van der Waals surface area contributed by atoms with Crippen LogP contribution in [0.4, 0.5) is 0 Å². The Bertz CT molecular complexity index is 549. The maximum absolute atomic E-state index is 5.70. The summed E-state index contributed by atoms with van der Waals surface area (Å²) in [5.41, 5.74) is 8.51. The number of aryl methyl sites for hydroxylation is 3. The molecular weight excluding hydrogens is 222 g/mol. The Labute approximate surface area is 108 Å². The minimum atomic E-state index is -0.0644. The highest BCUT2D eigenvalue weighted by Gasteiger charge is 2.16. The van der Waals surface area contributed by atoms with Gasteiger partial charge in [-0.25, -0.2) is 5.43 Å². The van der Waals surface area contributed by atoms with E-state index in [1.54, 1.807) is 0 Å². The molecule has 1 aromatic heterocycles. The minimum absolute atomic E-state index is 0.0644. The predicted molar refractivity (Wildman–Crippen MR) is 74.1 cm³/mol. The van der Waals surface area contributed by atoms with Crippen LogP contribution < -0.4 is 11.3 Å². The molecule has 3 N–H and O–H groups in total. The standard InChI is InChI=1S/C15H19N3/c1-10-5-4-6-13(8-10)15(18-16)14-12(3)7-11(2)9-17-14/h4-9,15,18H,16H2,1-3H3. The lowest BCUT2D eigenvalue weighted by molar-refractivity contribution is 0.616. The first kappa shape index (κ1) is 12.7. The SMILES string of the molecule is Cc1cccc(C(NN)c2ncc(C)cc2C)c1. The van der Waals surface area contributed by atoms with E-state index in [-0.39, 0.29) is 6.04 Å². The Morgan fingerprint density at radius 3 is 2.50 bits per heavy atom. The Kier molecular flexibility index (Phi) is 3.75. The van der Waals surface area contributed by atoms with Crippen molar-refractivity contribution in [3.05, 3.63) is 64.5 Å². The molecule has 3 heteroatoms. The summed E-state index contributed by atoms with van der Waals surface area (Å²) in [4.78, 5) is 4.51. The Balaban J connectivity index is 2.45. The van der Waals surface area contributed by atoms with E-state index in [9.17, 15) is 0 Å².